The third-order valence-corrected chi connectivity index (χ3v) is 6.27. The molecule has 3 aromatic rings. The van der Waals surface area contributed by atoms with E-state index in [-0.39, 0.29) is 28.0 Å². The Morgan fingerprint density at radius 3 is 2.42 bits per heavy atom. The smallest absolute Gasteiger partial charge is 0.314 e. The van der Waals surface area contributed by atoms with Crippen molar-refractivity contribution < 1.29 is 22.7 Å². The fourth-order valence-corrected chi connectivity index (χ4v) is 3.95. The van der Waals surface area contributed by atoms with Gasteiger partial charge in [0.15, 0.2) is 15.6 Å². The van der Waals surface area contributed by atoms with Crippen molar-refractivity contribution in [2.75, 3.05) is 12.9 Å². The predicted octanol–water partition coefficient (Wildman–Crippen LogP) is 4.03. The van der Waals surface area contributed by atoms with E-state index in [0.717, 1.165) is 17.0 Å². The fraction of sp³-hybridized carbons (Fsp3) is 0.304. The molecule has 1 N–H and O–H groups in total. The van der Waals surface area contributed by atoms with E-state index >= 15 is 0 Å². The van der Waals surface area contributed by atoms with Gasteiger partial charge in [-0.2, -0.15) is 9.78 Å². The minimum absolute atomic E-state index is 0.00620. The van der Waals surface area contributed by atoms with Crippen LogP contribution in [0.2, 0.25) is 5.02 Å². The van der Waals surface area contributed by atoms with E-state index in [2.05, 4.69) is 5.10 Å². The summed E-state index contributed by atoms with van der Waals surface area (Å²) in [6.45, 7) is 3.51. The van der Waals surface area contributed by atoms with Gasteiger partial charge in [-0.25, -0.2) is 12.8 Å². The number of hydrogen-bond acceptors (Lipinski definition) is 6. The summed E-state index contributed by atoms with van der Waals surface area (Å²) in [6, 6.07) is 9.79. The lowest BCUT2D eigenvalue weighted by atomic mass is 10.0. The minimum atomic E-state index is -3.38. The highest BCUT2D eigenvalue weighted by Crippen LogP contribution is 2.28. The predicted molar refractivity (Wildman–Crippen MR) is 124 cm³/mol. The number of hydrogen-bond donors (Lipinski definition) is 1. The molecule has 7 nitrogen and oxygen atoms in total. The summed E-state index contributed by atoms with van der Waals surface area (Å²) in [5, 5.41) is 13.9. The maximum atomic E-state index is 13.6. The van der Waals surface area contributed by atoms with Gasteiger partial charge in [0.1, 0.15) is 5.82 Å². The lowest BCUT2D eigenvalue weighted by Crippen LogP contribution is -2.25. The second kappa shape index (κ2) is 9.62. The highest BCUT2D eigenvalue weighted by Gasteiger charge is 2.18. The van der Waals surface area contributed by atoms with Gasteiger partial charge in [0.25, 0.3) is 0 Å². The largest absolute Gasteiger partial charge is 0.487 e. The number of halogens is 2. The molecular weight excluding hydrogens is 471 g/mol. The number of aromatic nitrogens is 2. The number of rotatable bonds is 8. The standard InChI is InChI=1S/C23H24ClFN2O5S/c1-23(2,29)11-4-12-32-21-18(15-5-8-17(9-6-15)33(3,30)31)14-26-27(22(21)28)16-7-10-20(25)19(24)13-16/h5-10,13-14,29H,4,11-12H2,1-3H3. The molecule has 0 aliphatic carbocycles. The van der Waals surface area contributed by atoms with E-state index in [4.69, 9.17) is 16.3 Å². The number of ether oxygens (including phenoxy) is 1. The lowest BCUT2D eigenvalue weighted by molar-refractivity contribution is 0.0640. The van der Waals surface area contributed by atoms with Crippen LogP contribution in [0.3, 0.4) is 0 Å². The van der Waals surface area contributed by atoms with Gasteiger partial charge < -0.3 is 9.84 Å². The summed E-state index contributed by atoms with van der Waals surface area (Å²) in [7, 11) is -3.38. The molecule has 1 heterocycles. The molecule has 33 heavy (non-hydrogen) atoms. The Labute approximate surface area is 196 Å². The highest BCUT2D eigenvalue weighted by atomic mass is 35.5. The normalized spacial score (nSPS) is 12.1. The van der Waals surface area contributed by atoms with Crippen LogP contribution in [0.4, 0.5) is 4.39 Å². The molecule has 2 aromatic carbocycles. The summed E-state index contributed by atoms with van der Waals surface area (Å²) >= 11 is 5.86. The van der Waals surface area contributed by atoms with Crippen LogP contribution in [0.5, 0.6) is 5.75 Å². The van der Waals surface area contributed by atoms with Gasteiger partial charge in [-0.3, -0.25) is 4.79 Å². The van der Waals surface area contributed by atoms with Gasteiger partial charge in [-0.1, -0.05) is 23.7 Å². The Kier molecular flexibility index (Phi) is 7.26. The summed E-state index contributed by atoms with van der Waals surface area (Å²) in [6.07, 6.45) is 3.47. The third-order valence-electron chi connectivity index (χ3n) is 4.85. The molecule has 3 rings (SSSR count). The first-order valence-corrected chi connectivity index (χ1v) is 12.4. The molecule has 0 aliphatic rings. The van der Waals surface area contributed by atoms with Gasteiger partial charge in [-0.05, 0) is 62.6 Å². The Morgan fingerprint density at radius 2 is 1.85 bits per heavy atom. The molecule has 0 fully saturated rings. The summed E-state index contributed by atoms with van der Waals surface area (Å²) in [4.78, 5) is 13.4. The Balaban J connectivity index is 2.05. The molecular formula is C23H24ClFN2O5S. The first-order chi connectivity index (χ1) is 15.4. The first-order valence-electron chi connectivity index (χ1n) is 10.1. The van der Waals surface area contributed by atoms with Gasteiger partial charge >= 0.3 is 5.56 Å². The van der Waals surface area contributed by atoms with E-state index in [1.54, 1.807) is 26.0 Å². The maximum Gasteiger partial charge on any atom is 0.314 e. The molecule has 0 atom stereocenters. The Hall–Kier alpha value is -2.75. The van der Waals surface area contributed by atoms with Crippen LogP contribution in [-0.4, -0.2) is 41.8 Å². The summed E-state index contributed by atoms with van der Waals surface area (Å²) < 4.78 is 44.0. The topological polar surface area (TPSA) is 98.5 Å². The SMILES string of the molecule is CC(C)(O)CCCOc1c(-c2ccc(S(C)(=O)=O)cc2)cnn(-c2ccc(F)c(Cl)c2)c1=O. The van der Waals surface area contributed by atoms with Crippen molar-refractivity contribution in [3.05, 3.63) is 69.9 Å². The zero-order valence-electron chi connectivity index (χ0n) is 18.4. The van der Waals surface area contributed by atoms with Crippen molar-refractivity contribution in [2.24, 2.45) is 0 Å². The van der Waals surface area contributed by atoms with Crippen LogP contribution >= 0.6 is 11.6 Å². The molecule has 0 amide bonds. The minimum Gasteiger partial charge on any atom is -0.487 e. The zero-order valence-corrected chi connectivity index (χ0v) is 20.0. The molecule has 0 bridgehead atoms. The fourth-order valence-electron chi connectivity index (χ4n) is 3.14. The van der Waals surface area contributed by atoms with Crippen molar-refractivity contribution in [3.8, 4) is 22.6 Å². The molecule has 10 heteroatoms. The van der Waals surface area contributed by atoms with Crippen molar-refractivity contribution in [2.45, 2.75) is 37.2 Å². The van der Waals surface area contributed by atoms with Crippen LogP contribution in [0.1, 0.15) is 26.7 Å². The van der Waals surface area contributed by atoms with E-state index in [0.29, 0.717) is 24.0 Å². The van der Waals surface area contributed by atoms with E-state index in [9.17, 15) is 22.7 Å². The van der Waals surface area contributed by atoms with Crippen LogP contribution in [-0.2, 0) is 9.84 Å². The van der Waals surface area contributed by atoms with Crippen molar-refractivity contribution in [3.63, 3.8) is 0 Å². The summed E-state index contributed by atoms with van der Waals surface area (Å²) in [5.41, 5.74) is -0.310. The van der Waals surface area contributed by atoms with Crippen LogP contribution in [0.15, 0.2) is 58.4 Å². The molecule has 1 aromatic heterocycles. The molecule has 0 spiro atoms. The van der Waals surface area contributed by atoms with Gasteiger partial charge in [0.2, 0.25) is 0 Å². The third kappa shape index (κ3) is 6.19. The quantitative estimate of drug-likeness (QED) is 0.475. The van der Waals surface area contributed by atoms with Crippen molar-refractivity contribution >= 4 is 21.4 Å². The lowest BCUT2D eigenvalue weighted by Gasteiger charge is -2.17. The maximum absolute atomic E-state index is 13.6. The number of nitrogens with zero attached hydrogens (tertiary/aromatic N) is 2. The van der Waals surface area contributed by atoms with Crippen LogP contribution in [0, 0.1) is 5.82 Å². The molecule has 0 saturated heterocycles. The van der Waals surface area contributed by atoms with Gasteiger partial charge in [-0.15, -0.1) is 0 Å². The second-order valence-electron chi connectivity index (χ2n) is 8.26. The number of aliphatic hydroxyl groups is 1. The average Bonchev–Trinajstić information content (AvgIpc) is 2.73. The second-order valence-corrected chi connectivity index (χ2v) is 10.7. The number of benzene rings is 2. The zero-order chi connectivity index (χ0) is 24.4. The van der Waals surface area contributed by atoms with Crippen LogP contribution < -0.4 is 10.3 Å². The van der Waals surface area contributed by atoms with Crippen molar-refractivity contribution in [1.82, 2.24) is 9.78 Å². The van der Waals surface area contributed by atoms with E-state index in [1.807, 2.05) is 0 Å². The van der Waals surface area contributed by atoms with E-state index < -0.39 is 26.8 Å². The first kappa shape index (κ1) is 24.9. The number of sulfone groups is 1. The van der Waals surface area contributed by atoms with Gasteiger partial charge in [0.05, 0.1) is 34.0 Å². The molecule has 0 aliphatic heterocycles. The Morgan fingerprint density at radius 1 is 1.18 bits per heavy atom. The van der Waals surface area contributed by atoms with Gasteiger partial charge in [0, 0.05) is 11.8 Å². The molecule has 0 radical (unpaired) electrons. The molecule has 0 saturated carbocycles. The van der Waals surface area contributed by atoms with Crippen LogP contribution in [0.25, 0.3) is 16.8 Å². The molecule has 176 valence electrons. The Bertz CT molecular complexity index is 1320. The summed E-state index contributed by atoms with van der Waals surface area (Å²) in [5.74, 6) is -0.632. The highest BCUT2D eigenvalue weighted by molar-refractivity contribution is 7.90. The van der Waals surface area contributed by atoms with E-state index in [1.165, 1.54) is 30.5 Å². The average molecular weight is 495 g/mol. The monoisotopic (exact) mass is 494 g/mol. The van der Waals surface area contributed by atoms with Crippen molar-refractivity contribution in [1.29, 1.82) is 0 Å². The molecule has 0 unspecified atom stereocenters.